The molecule has 9 aliphatic rings. The molecule has 6 N–H and O–H groups in total. The van der Waals surface area contributed by atoms with Crippen molar-refractivity contribution in [3.8, 4) is 0 Å². The lowest BCUT2D eigenvalue weighted by Crippen LogP contribution is -2.72. The molecule has 1 aromatic carbocycles. The summed E-state index contributed by atoms with van der Waals surface area (Å²) in [5.41, 5.74) is 6.30. The fraction of sp³-hybridized carbons (Fsp3) is 0.745. The van der Waals surface area contributed by atoms with E-state index in [0.29, 0.717) is 31.2 Å². The van der Waals surface area contributed by atoms with E-state index in [1.165, 1.54) is 11.1 Å². The van der Waals surface area contributed by atoms with E-state index in [1.54, 1.807) is 0 Å². The summed E-state index contributed by atoms with van der Waals surface area (Å²) in [5.74, 6) is 1.50. The van der Waals surface area contributed by atoms with Gasteiger partial charge in [-0.3, -0.25) is 4.79 Å². The number of aliphatic hydroxyl groups is 3. The molecule has 0 amide bonds. The Morgan fingerprint density at radius 1 is 1.02 bits per heavy atom. The summed E-state index contributed by atoms with van der Waals surface area (Å²) in [4.78, 5) is 15.1. The number of rotatable bonds is 10. The van der Waals surface area contributed by atoms with Crippen LogP contribution in [-0.2, 0) is 20.7 Å². The number of nitrogens with one attached hydrogen (secondary N) is 1. The van der Waals surface area contributed by atoms with Crippen LogP contribution in [0.25, 0.3) is 0 Å². The Kier molecular flexibility index (Phi) is 9.29. The molecule has 0 aromatic heterocycles. The van der Waals surface area contributed by atoms with Crippen LogP contribution in [0.4, 0.5) is 0 Å². The van der Waals surface area contributed by atoms with Crippen LogP contribution in [0.3, 0.4) is 0 Å². The molecular weight excluding hydrogens is 737 g/mol. The minimum atomic E-state index is -1.13. The van der Waals surface area contributed by atoms with Crippen LogP contribution < -0.4 is 11.1 Å². The molecule has 6 fully saturated rings. The van der Waals surface area contributed by atoms with Crippen LogP contribution in [0.15, 0.2) is 65.0 Å². The zero-order chi connectivity index (χ0) is 41.5. The Morgan fingerprint density at radius 2 is 1.80 bits per heavy atom. The Morgan fingerprint density at radius 3 is 2.54 bits per heavy atom. The molecule has 0 unspecified atom stereocenters. The van der Waals surface area contributed by atoms with Crippen molar-refractivity contribution >= 4 is 5.78 Å². The van der Waals surface area contributed by atoms with E-state index in [0.717, 1.165) is 94.7 Å². The number of ketones is 1. The molecule has 3 heterocycles. The highest BCUT2D eigenvalue weighted by Gasteiger charge is 2.81. The first-order chi connectivity index (χ1) is 27.9. The van der Waals surface area contributed by atoms with E-state index in [9.17, 15) is 15.3 Å². The number of allylic oxidation sites excluding steroid dienone is 3. The van der Waals surface area contributed by atoms with Gasteiger partial charge in [0.2, 0.25) is 0 Å². The fourth-order valence-corrected chi connectivity index (χ4v) is 16.4. The predicted octanol–water partition coefficient (Wildman–Crippen LogP) is 7.70. The van der Waals surface area contributed by atoms with Crippen LogP contribution >= 0.6 is 0 Å². The van der Waals surface area contributed by atoms with Crippen LogP contribution in [0.2, 0.25) is 0 Å². The number of hydrogen-bond acceptors (Lipinski definition) is 8. The van der Waals surface area contributed by atoms with Gasteiger partial charge in [0.1, 0.15) is 17.8 Å². The maximum atomic E-state index is 15.1. The van der Waals surface area contributed by atoms with Crippen molar-refractivity contribution in [3.63, 3.8) is 0 Å². The molecule has 0 bridgehead atoms. The van der Waals surface area contributed by atoms with Gasteiger partial charge >= 0.3 is 0 Å². The number of carbonyl (C=O) groups is 1. The minimum Gasteiger partial charge on any atom is -0.393 e. The number of ether oxygens (including phenoxy) is 2. The summed E-state index contributed by atoms with van der Waals surface area (Å²) in [6.07, 6.45) is 15.0. The van der Waals surface area contributed by atoms with Crippen molar-refractivity contribution in [3.05, 3.63) is 70.6 Å². The summed E-state index contributed by atoms with van der Waals surface area (Å²) < 4.78 is 14.3. The highest BCUT2D eigenvalue weighted by molar-refractivity contribution is 6.00. The first-order valence-electron chi connectivity index (χ1n) is 23.6. The number of aryl methyl sites for hydroxylation is 1. The summed E-state index contributed by atoms with van der Waals surface area (Å²) in [5, 5.41) is 41.3. The third-order valence-corrected chi connectivity index (χ3v) is 19.7. The number of Topliss-reactive ketones (excluding diaryl/α,β-unsaturated/α-hetero) is 1. The Balaban J connectivity index is 1.07. The maximum Gasteiger partial charge on any atom is 0.162 e. The first-order valence-corrected chi connectivity index (χ1v) is 23.6. The van der Waals surface area contributed by atoms with E-state index in [2.05, 4.69) is 76.3 Å². The molecule has 10 rings (SSSR count). The molecule has 0 spiro atoms. The zero-order valence-corrected chi connectivity index (χ0v) is 36.7. The second kappa shape index (κ2) is 13.5. The molecule has 1 aromatic rings. The zero-order valence-electron chi connectivity index (χ0n) is 36.7. The normalized spacial score (nSPS) is 47.1. The van der Waals surface area contributed by atoms with Gasteiger partial charge in [-0.1, -0.05) is 71.0 Å². The smallest absolute Gasteiger partial charge is 0.162 e. The van der Waals surface area contributed by atoms with Crippen molar-refractivity contribution in [2.24, 2.45) is 62.9 Å². The van der Waals surface area contributed by atoms with E-state index < -0.39 is 39.8 Å². The van der Waals surface area contributed by atoms with Crippen LogP contribution in [-0.4, -0.2) is 69.4 Å². The van der Waals surface area contributed by atoms with Crippen molar-refractivity contribution < 1.29 is 29.6 Å². The van der Waals surface area contributed by atoms with Gasteiger partial charge in [0.15, 0.2) is 5.78 Å². The standard InChI is InChI=1S/C51H72N2O6/c1-30-18-23-58-50(28-30,44-43(59-44)48(6,56)45(2,3)19-14-32-17-22-53-39(52)24-32)38-26-34-12-13-36-40-42-47(5)33(25-35(54)27-37(47)41(36)55)16-21-49(42,29-46(38,4)51(34,40)57)20-15-31-10-8-7-9-11-31/h7-11,17,24,30,33-35,37-38,42-44,53-54,56-57H,12-16,18-23,25-29,52H2,1-6H3/t30-,33-,34-,35-,37-,38-,42-,43-,44-,46+,47-,48-,49+,50+,51+/m0/s1. The van der Waals surface area contributed by atoms with Gasteiger partial charge in [0.05, 0.1) is 23.1 Å². The van der Waals surface area contributed by atoms with E-state index in [4.69, 9.17) is 15.2 Å². The molecule has 15 atom stereocenters. The number of benzene rings is 1. The topological polar surface area (TPSA) is 138 Å². The number of aliphatic hydroxyl groups excluding tert-OH is 1. The van der Waals surface area contributed by atoms with Crippen LogP contribution in [0.1, 0.15) is 131 Å². The summed E-state index contributed by atoms with van der Waals surface area (Å²) in [6, 6.07) is 10.9. The molecule has 6 aliphatic carbocycles. The lowest BCUT2D eigenvalue weighted by molar-refractivity contribution is -0.238. The highest BCUT2D eigenvalue weighted by atomic mass is 16.6. The average Bonchev–Trinajstić information content (AvgIpc) is 3.98. The minimum absolute atomic E-state index is 0.0115. The molecule has 59 heavy (non-hydrogen) atoms. The molecule has 8 heteroatoms. The highest BCUT2D eigenvalue weighted by Crippen LogP contribution is 2.81. The lowest BCUT2D eigenvalue weighted by atomic mass is 9.32. The van der Waals surface area contributed by atoms with Gasteiger partial charge in [-0.15, -0.1) is 0 Å². The van der Waals surface area contributed by atoms with Gasteiger partial charge in [0, 0.05) is 24.5 Å². The van der Waals surface area contributed by atoms with Crippen molar-refractivity contribution in [2.75, 3.05) is 13.2 Å². The number of carbonyl (C=O) groups excluding carboxylic acids is 1. The van der Waals surface area contributed by atoms with Crippen LogP contribution in [0, 0.1) is 57.2 Å². The molecule has 4 saturated carbocycles. The number of dihydropyridines is 1. The summed E-state index contributed by atoms with van der Waals surface area (Å²) in [7, 11) is 0. The second-order valence-electron chi connectivity index (χ2n) is 22.9. The molecule has 3 aliphatic heterocycles. The third kappa shape index (κ3) is 5.60. The fourth-order valence-electron chi connectivity index (χ4n) is 16.4. The average molecular weight is 809 g/mol. The molecule has 0 radical (unpaired) electrons. The van der Waals surface area contributed by atoms with Gasteiger partial charge in [-0.2, -0.15) is 0 Å². The van der Waals surface area contributed by atoms with Gasteiger partial charge < -0.3 is 35.8 Å². The summed E-state index contributed by atoms with van der Waals surface area (Å²) >= 11 is 0. The van der Waals surface area contributed by atoms with E-state index >= 15 is 4.79 Å². The van der Waals surface area contributed by atoms with Crippen LogP contribution in [0.5, 0.6) is 0 Å². The quantitative estimate of drug-likeness (QED) is 0.152. The Hall–Kier alpha value is -2.49. The van der Waals surface area contributed by atoms with E-state index in [-0.39, 0.29) is 52.3 Å². The Labute approximate surface area is 352 Å². The second-order valence-corrected chi connectivity index (χ2v) is 22.9. The number of epoxide rings is 1. The maximum absolute atomic E-state index is 15.1. The first kappa shape index (κ1) is 40.6. The molecular formula is C51H72N2O6. The van der Waals surface area contributed by atoms with Crippen molar-refractivity contribution in [2.45, 2.75) is 167 Å². The van der Waals surface area contributed by atoms with Crippen molar-refractivity contribution in [1.82, 2.24) is 5.32 Å². The largest absolute Gasteiger partial charge is 0.393 e. The SMILES string of the molecule is C[C@H]1CCO[C@]([C@H]2C[C@@H]3CCC4=C5[C@@H]6[C@](CCc7ccccc7)(CC[C@H]7C[C@H](O)C[C@@H](C4=O)[C@]76C)C[C@@]2(C)[C@]53O)([C@H]2O[C@@H]2[C@](C)(O)C(C)(C)CCC2=CCNC(N)=C2)C1. The third-order valence-electron chi connectivity index (χ3n) is 19.7. The molecule has 322 valence electrons. The van der Waals surface area contributed by atoms with Gasteiger partial charge in [-0.05, 0) is 171 Å². The van der Waals surface area contributed by atoms with Gasteiger partial charge in [0.25, 0.3) is 0 Å². The summed E-state index contributed by atoms with van der Waals surface area (Å²) in [6.45, 7) is 14.8. The molecule has 2 saturated heterocycles. The number of nitrogens with two attached hydrogens (primary N) is 1. The van der Waals surface area contributed by atoms with Crippen molar-refractivity contribution in [1.29, 1.82) is 0 Å². The van der Waals surface area contributed by atoms with Gasteiger partial charge in [-0.25, -0.2) is 0 Å². The Bertz CT molecular complexity index is 1970. The predicted molar refractivity (Wildman–Crippen MR) is 229 cm³/mol. The number of hydrogen-bond donors (Lipinski definition) is 5. The van der Waals surface area contributed by atoms with E-state index in [1.807, 2.05) is 13.0 Å². The monoisotopic (exact) mass is 809 g/mol. The lowest BCUT2D eigenvalue weighted by Gasteiger charge is -2.73. The molecule has 8 nitrogen and oxygen atoms in total.